The Labute approximate surface area is 632 Å². The number of unbranched alkanes of at least 4 members (excludes halogenated alkanes) is 48. The zero-order chi connectivity index (χ0) is 75.8. The van der Waals surface area contributed by atoms with Crippen LogP contribution in [0.2, 0.25) is 0 Å². The molecule has 0 aliphatic heterocycles. The third-order valence-electron chi connectivity index (χ3n) is 20.4. The number of hydrogen-bond donors (Lipinski definition) is 3. The van der Waals surface area contributed by atoms with Crippen LogP contribution >= 0.6 is 15.6 Å². The average molecular weight is 1510 g/mol. The molecule has 0 heterocycles. The van der Waals surface area contributed by atoms with Gasteiger partial charge >= 0.3 is 39.5 Å². The van der Waals surface area contributed by atoms with E-state index in [0.29, 0.717) is 25.7 Å². The molecule has 0 aromatic carbocycles. The van der Waals surface area contributed by atoms with Gasteiger partial charge in [-0.25, -0.2) is 9.13 Å². The van der Waals surface area contributed by atoms with Crippen molar-refractivity contribution < 1.29 is 80.2 Å². The van der Waals surface area contributed by atoms with E-state index in [0.717, 1.165) is 108 Å². The summed E-state index contributed by atoms with van der Waals surface area (Å²) in [5.41, 5.74) is 0. The molecule has 0 radical (unpaired) electrons. The van der Waals surface area contributed by atoms with E-state index in [2.05, 4.69) is 48.5 Å². The van der Waals surface area contributed by atoms with Crippen molar-refractivity contribution >= 4 is 39.5 Å². The molecule has 19 heteroatoms. The number of aliphatic hydroxyl groups excluding tert-OH is 1. The number of phosphoric ester groups is 2. The second-order valence-electron chi connectivity index (χ2n) is 31.2. The summed E-state index contributed by atoms with van der Waals surface area (Å²) in [5, 5.41) is 10.7. The predicted molar refractivity (Wildman–Crippen MR) is 423 cm³/mol. The molecule has 4 unspecified atom stereocenters. The molecule has 0 bridgehead atoms. The van der Waals surface area contributed by atoms with Crippen LogP contribution in [0, 0.1) is 17.8 Å². The molecule has 0 aromatic heterocycles. The van der Waals surface area contributed by atoms with Gasteiger partial charge in [0, 0.05) is 25.7 Å². The molecule has 0 saturated carbocycles. The molecule has 0 aromatic rings. The van der Waals surface area contributed by atoms with E-state index in [1.807, 2.05) is 0 Å². The highest BCUT2D eigenvalue weighted by Gasteiger charge is 2.30. The second-order valence-corrected chi connectivity index (χ2v) is 34.1. The number of carbonyl (C=O) groups excluding carboxylic acids is 4. The summed E-state index contributed by atoms with van der Waals surface area (Å²) in [5.74, 6) is 0.286. The molecule has 0 saturated heterocycles. The SMILES string of the molecule is CCCCCCCCCCCCCCCCCCCCCC(=O)O[C@H](COC(=O)CCCCCCCCCCCCCCCCC(C)CC)COP(=O)(O)OC[C@@H](O)COP(=O)(O)OC[C@@H](COC(=O)CCCCCCCCCCC(C)CC)OC(=O)CCCCCCCCCCCCCC(C)C. The highest BCUT2D eigenvalue weighted by Crippen LogP contribution is 2.45. The van der Waals surface area contributed by atoms with Gasteiger partial charge in [0.25, 0.3) is 0 Å². The molecular weight excluding hydrogens is 1340 g/mol. The maximum atomic E-state index is 13.1. The Kier molecular flexibility index (Phi) is 72.8. The van der Waals surface area contributed by atoms with E-state index in [4.69, 9.17) is 37.0 Å². The largest absolute Gasteiger partial charge is 0.472 e. The molecule has 0 fully saturated rings. The van der Waals surface area contributed by atoms with Crippen LogP contribution in [0.15, 0.2) is 0 Å². The van der Waals surface area contributed by atoms with Gasteiger partial charge in [-0.1, -0.05) is 389 Å². The van der Waals surface area contributed by atoms with Crippen LogP contribution in [0.25, 0.3) is 0 Å². The molecule has 103 heavy (non-hydrogen) atoms. The van der Waals surface area contributed by atoms with Gasteiger partial charge in [0.15, 0.2) is 12.2 Å². The number of esters is 4. The smallest absolute Gasteiger partial charge is 0.462 e. The first-order valence-electron chi connectivity index (χ1n) is 43.4. The average Bonchev–Trinajstić information content (AvgIpc) is 0.943. The van der Waals surface area contributed by atoms with Gasteiger partial charge in [0.2, 0.25) is 0 Å². The summed E-state index contributed by atoms with van der Waals surface area (Å²) in [4.78, 5) is 73.2. The lowest BCUT2D eigenvalue weighted by molar-refractivity contribution is -0.161. The number of rotatable bonds is 82. The van der Waals surface area contributed by atoms with Crippen molar-refractivity contribution in [2.45, 2.75) is 458 Å². The molecule has 612 valence electrons. The molecule has 0 spiro atoms. The van der Waals surface area contributed by atoms with Gasteiger partial charge in [0.05, 0.1) is 26.4 Å². The van der Waals surface area contributed by atoms with Gasteiger partial charge in [-0.3, -0.25) is 37.3 Å². The first-order valence-corrected chi connectivity index (χ1v) is 46.4. The number of phosphoric acid groups is 2. The summed E-state index contributed by atoms with van der Waals surface area (Å²) >= 11 is 0. The standard InChI is InChI=1S/C84H164O17P2/c1-8-11-12-13-14-15-16-17-18-19-20-21-22-27-32-37-46-53-60-67-83(88)100-79(71-94-81(86)65-58-51-44-36-31-26-24-23-25-30-35-42-49-56-63-76(6)9-2)73-98-102(90,91)96-69-78(85)70-97-103(92,93)99-74-80(72-95-82(87)66-59-52-45-40-39-43-50-57-64-77(7)10-3)101-84(89)68-61-54-47-38-33-28-29-34-41-48-55-62-75(4)5/h75-80,85H,8-74H2,1-7H3,(H,90,91)(H,92,93)/t76?,77?,78-,79-,80-/m1/s1. The molecule has 3 N–H and O–H groups in total. The molecular formula is C84H164O17P2. The Morgan fingerprint density at radius 1 is 0.282 bits per heavy atom. The minimum absolute atomic E-state index is 0.106. The number of hydrogen-bond acceptors (Lipinski definition) is 15. The normalized spacial score (nSPS) is 14.4. The summed E-state index contributed by atoms with van der Waals surface area (Å²) in [6, 6.07) is 0. The number of aliphatic hydroxyl groups is 1. The number of ether oxygens (including phenoxy) is 4. The van der Waals surface area contributed by atoms with Crippen LogP contribution in [0.5, 0.6) is 0 Å². The van der Waals surface area contributed by atoms with Crippen molar-refractivity contribution in [2.75, 3.05) is 39.6 Å². The van der Waals surface area contributed by atoms with Crippen LogP contribution in [0.1, 0.15) is 440 Å². The zero-order valence-corrected chi connectivity index (χ0v) is 69.6. The van der Waals surface area contributed by atoms with Crippen LogP contribution in [-0.4, -0.2) is 96.7 Å². The lowest BCUT2D eigenvalue weighted by atomic mass is 9.99. The zero-order valence-electron chi connectivity index (χ0n) is 67.8. The lowest BCUT2D eigenvalue weighted by Crippen LogP contribution is -2.30. The van der Waals surface area contributed by atoms with E-state index in [1.165, 1.54) is 250 Å². The number of carbonyl (C=O) groups is 4. The molecule has 0 aliphatic rings. The summed E-state index contributed by atoms with van der Waals surface area (Å²) in [6.45, 7) is 12.0. The van der Waals surface area contributed by atoms with E-state index in [1.54, 1.807) is 0 Å². The third-order valence-corrected chi connectivity index (χ3v) is 22.3. The van der Waals surface area contributed by atoms with E-state index >= 15 is 0 Å². The van der Waals surface area contributed by atoms with Crippen molar-refractivity contribution in [2.24, 2.45) is 17.8 Å². The molecule has 0 rings (SSSR count). The van der Waals surface area contributed by atoms with Crippen molar-refractivity contribution in [1.82, 2.24) is 0 Å². The Balaban J connectivity index is 5.26. The lowest BCUT2D eigenvalue weighted by Gasteiger charge is -2.21. The fourth-order valence-electron chi connectivity index (χ4n) is 13.0. The van der Waals surface area contributed by atoms with Gasteiger partial charge in [0.1, 0.15) is 19.3 Å². The third kappa shape index (κ3) is 75.3. The molecule has 7 atom stereocenters. The topological polar surface area (TPSA) is 237 Å². The molecule has 17 nitrogen and oxygen atoms in total. The van der Waals surface area contributed by atoms with Crippen molar-refractivity contribution in [3.05, 3.63) is 0 Å². The van der Waals surface area contributed by atoms with Crippen LogP contribution < -0.4 is 0 Å². The van der Waals surface area contributed by atoms with Gasteiger partial charge in [-0.15, -0.1) is 0 Å². The van der Waals surface area contributed by atoms with Crippen molar-refractivity contribution in [3.63, 3.8) is 0 Å². The highest BCUT2D eigenvalue weighted by atomic mass is 31.2. The van der Waals surface area contributed by atoms with E-state index in [-0.39, 0.29) is 25.7 Å². The summed E-state index contributed by atoms with van der Waals surface area (Å²) in [7, 11) is -9.93. The first-order chi connectivity index (χ1) is 49.8. The van der Waals surface area contributed by atoms with Crippen molar-refractivity contribution in [3.8, 4) is 0 Å². The van der Waals surface area contributed by atoms with Crippen molar-refractivity contribution in [1.29, 1.82) is 0 Å². The highest BCUT2D eigenvalue weighted by molar-refractivity contribution is 7.47. The van der Waals surface area contributed by atoms with E-state index < -0.39 is 97.5 Å². The van der Waals surface area contributed by atoms with E-state index in [9.17, 15) is 43.2 Å². The Hall–Kier alpha value is -1.94. The Bertz CT molecular complexity index is 2000. The summed E-state index contributed by atoms with van der Waals surface area (Å²) < 4.78 is 68.9. The predicted octanol–water partition coefficient (Wildman–Crippen LogP) is 25.3. The quantitative estimate of drug-likeness (QED) is 0.0222. The van der Waals surface area contributed by atoms with Crippen LogP contribution in [-0.2, 0) is 65.4 Å². The fourth-order valence-corrected chi connectivity index (χ4v) is 14.5. The second kappa shape index (κ2) is 74.2. The van der Waals surface area contributed by atoms with Gasteiger partial charge in [-0.2, -0.15) is 0 Å². The maximum Gasteiger partial charge on any atom is 0.472 e. The molecule has 0 amide bonds. The fraction of sp³-hybridized carbons (Fsp3) is 0.952. The van der Waals surface area contributed by atoms with Gasteiger partial charge < -0.3 is 33.8 Å². The first kappa shape index (κ1) is 101. The molecule has 0 aliphatic carbocycles. The van der Waals surface area contributed by atoms with Crippen LogP contribution in [0.3, 0.4) is 0 Å². The maximum absolute atomic E-state index is 13.1. The Morgan fingerprint density at radius 3 is 0.738 bits per heavy atom. The minimum Gasteiger partial charge on any atom is -0.462 e. The summed E-state index contributed by atoms with van der Waals surface area (Å²) in [6.07, 6.45) is 63.7. The Morgan fingerprint density at radius 2 is 0.495 bits per heavy atom. The van der Waals surface area contributed by atoms with Crippen LogP contribution in [0.4, 0.5) is 0 Å². The van der Waals surface area contributed by atoms with Gasteiger partial charge in [-0.05, 0) is 43.4 Å². The monoisotopic (exact) mass is 1510 g/mol. The minimum atomic E-state index is -4.97.